The first-order chi connectivity index (χ1) is 8.20. The molecule has 0 heterocycles. The van der Waals surface area contributed by atoms with Gasteiger partial charge in [0.1, 0.15) is 5.82 Å². The van der Waals surface area contributed by atoms with Crippen LogP contribution in [-0.4, -0.2) is 6.54 Å². The molecule has 2 saturated carbocycles. The van der Waals surface area contributed by atoms with E-state index in [-0.39, 0.29) is 10.8 Å². The number of nitrogens with one attached hydrogen (secondary N) is 1. The molecule has 0 aromatic heterocycles. The van der Waals surface area contributed by atoms with E-state index in [1.54, 1.807) is 6.07 Å². The summed E-state index contributed by atoms with van der Waals surface area (Å²) in [6, 6.07) is 5.03. The Balaban J connectivity index is 1.52. The average Bonchev–Trinajstić information content (AvgIpc) is 3.14. The molecule has 0 bridgehead atoms. The fraction of sp³-hybridized carbons (Fsp3) is 0.571. The minimum Gasteiger partial charge on any atom is -0.312 e. The second kappa shape index (κ2) is 4.25. The molecule has 1 nitrogen and oxygen atoms in total. The van der Waals surface area contributed by atoms with E-state index in [2.05, 4.69) is 5.32 Å². The zero-order valence-corrected chi connectivity index (χ0v) is 10.6. The second-order valence-electron chi connectivity index (χ2n) is 5.49. The molecule has 17 heavy (non-hydrogen) atoms. The Hall–Kier alpha value is -0.600. The van der Waals surface area contributed by atoms with Crippen LogP contribution in [0.1, 0.15) is 31.2 Å². The van der Waals surface area contributed by atoms with Crippen molar-refractivity contribution >= 4 is 11.6 Å². The fourth-order valence-corrected chi connectivity index (χ4v) is 2.81. The summed E-state index contributed by atoms with van der Waals surface area (Å²) in [6.07, 6.45) is 5.58. The van der Waals surface area contributed by atoms with E-state index in [1.807, 2.05) is 6.07 Å². The lowest BCUT2D eigenvalue weighted by atomic mass is 10.0. The van der Waals surface area contributed by atoms with Crippen molar-refractivity contribution in [2.24, 2.45) is 11.3 Å². The number of hydrogen-bond acceptors (Lipinski definition) is 1. The third kappa shape index (κ3) is 2.48. The van der Waals surface area contributed by atoms with Crippen LogP contribution in [0, 0.1) is 17.2 Å². The van der Waals surface area contributed by atoms with Gasteiger partial charge in [-0.2, -0.15) is 0 Å². The number of benzene rings is 1. The zero-order chi connectivity index (χ0) is 11.9. The van der Waals surface area contributed by atoms with Crippen molar-refractivity contribution < 1.29 is 4.39 Å². The van der Waals surface area contributed by atoms with Crippen LogP contribution in [0.5, 0.6) is 0 Å². The number of rotatable bonds is 5. The molecule has 3 heteroatoms. The topological polar surface area (TPSA) is 12.0 Å². The van der Waals surface area contributed by atoms with Gasteiger partial charge in [0.15, 0.2) is 0 Å². The smallest absolute Gasteiger partial charge is 0.142 e. The Bertz CT molecular complexity index is 424. The van der Waals surface area contributed by atoms with E-state index in [0.29, 0.717) is 5.41 Å². The molecule has 92 valence electrons. The molecular weight excluding hydrogens is 237 g/mol. The van der Waals surface area contributed by atoms with Crippen molar-refractivity contribution in [3.8, 4) is 0 Å². The van der Waals surface area contributed by atoms with Crippen molar-refractivity contribution in [3.05, 3.63) is 34.6 Å². The monoisotopic (exact) mass is 253 g/mol. The maximum atomic E-state index is 13.2. The van der Waals surface area contributed by atoms with Crippen LogP contribution in [0.25, 0.3) is 0 Å². The molecule has 2 aliphatic carbocycles. The highest BCUT2D eigenvalue weighted by Crippen LogP contribution is 2.60. The van der Waals surface area contributed by atoms with Crippen molar-refractivity contribution in [2.45, 2.75) is 32.2 Å². The van der Waals surface area contributed by atoms with Gasteiger partial charge in [0.25, 0.3) is 0 Å². The van der Waals surface area contributed by atoms with Crippen LogP contribution >= 0.6 is 11.6 Å². The lowest BCUT2D eigenvalue weighted by Crippen LogP contribution is -2.25. The summed E-state index contributed by atoms with van der Waals surface area (Å²) < 4.78 is 13.2. The molecule has 0 aliphatic heterocycles. The maximum absolute atomic E-state index is 13.2. The minimum absolute atomic E-state index is 0.199. The Morgan fingerprint density at radius 1 is 1.35 bits per heavy atom. The van der Waals surface area contributed by atoms with E-state index in [9.17, 15) is 4.39 Å². The normalized spacial score (nSPS) is 21.5. The maximum Gasteiger partial charge on any atom is 0.142 e. The van der Waals surface area contributed by atoms with Crippen molar-refractivity contribution in [1.82, 2.24) is 5.32 Å². The van der Waals surface area contributed by atoms with Crippen LogP contribution in [0.3, 0.4) is 0 Å². The first-order valence-electron chi connectivity index (χ1n) is 6.34. The van der Waals surface area contributed by atoms with Gasteiger partial charge < -0.3 is 5.32 Å². The van der Waals surface area contributed by atoms with Crippen LogP contribution < -0.4 is 5.32 Å². The Labute approximate surface area is 106 Å². The van der Waals surface area contributed by atoms with Crippen LogP contribution in [0.4, 0.5) is 4.39 Å². The first kappa shape index (κ1) is 11.5. The van der Waals surface area contributed by atoms with Gasteiger partial charge in [-0.3, -0.25) is 0 Å². The van der Waals surface area contributed by atoms with Crippen molar-refractivity contribution in [3.63, 3.8) is 0 Å². The molecule has 0 atom stereocenters. The second-order valence-corrected chi connectivity index (χ2v) is 5.90. The molecule has 0 saturated heterocycles. The third-order valence-electron chi connectivity index (χ3n) is 4.13. The number of hydrogen-bond donors (Lipinski definition) is 1. The average molecular weight is 254 g/mol. The van der Waals surface area contributed by atoms with E-state index < -0.39 is 0 Å². The summed E-state index contributed by atoms with van der Waals surface area (Å²) in [4.78, 5) is 0. The molecule has 1 aromatic carbocycles. The molecule has 0 unspecified atom stereocenters. The highest BCUT2D eigenvalue weighted by molar-refractivity contribution is 6.30. The molecule has 2 aliphatic rings. The zero-order valence-electron chi connectivity index (χ0n) is 9.81. The van der Waals surface area contributed by atoms with E-state index in [1.165, 1.54) is 31.7 Å². The van der Waals surface area contributed by atoms with Gasteiger partial charge in [-0.05, 0) is 54.7 Å². The molecule has 3 rings (SSSR count). The van der Waals surface area contributed by atoms with E-state index in [0.717, 1.165) is 24.6 Å². The Morgan fingerprint density at radius 3 is 2.71 bits per heavy atom. The summed E-state index contributed by atoms with van der Waals surface area (Å²) in [5.74, 6) is 0.645. The summed E-state index contributed by atoms with van der Waals surface area (Å²) in [6.45, 7) is 1.82. The van der Waals surface area contributed by atoms with Gasteiger partial charge in [-0.25, -0.2) is 4.39 Å². The summed E-state index contributed by atoms with van der Waals surface area (Å²) in [5.41, 5.74) is 1.57. The van der Waals surface area contributed by atoms with Gasteiger partial charge in [0.05, 0.1) is 5.02 Å². The standard InChI is InChI=1S/C14H17ClFN/c15-12-4-1-10(7-13(12)16)8-17-9-14(5-6-14)11-2-3-11/h1,4,7,11,17H,2-3,5-6,8-9H2. The van der Waals surface area contributed by atoms with Crippen LogP contribution in [-0.2, 0) is 6.54 Å². The third-order valence-corrected chi connectivity index (χ3v) is 4.43. The molecule has 0 amide bonds. The molecular formula is C14H17ClFN. The summed E-state index contributed by atoms with van der Waals surface area (Å²) >= 11 is 5.65. The van der Waals surface area contributed by atoms with Crippen LogP contribution in [0.2, 0.25) is 5.02 Å². The van der Waals surface area contributed by atoms with Gasteiger partial charge in [0, 0.05) is 13.1 Å². The van der Waals surface area contributed by atoms with Crippen LogP contribution in [0.15, 0.2) is 18.2 Å². The van der Waals surface area contributed by atoms with Gasteiger partial charge in [-0.15, -0.1) is 0 Å². The lowest BCUT2D eigenvalue weighted by Gasteiger charge is -2.15. The SMILES string of the molecule is Fc1cc(CNCC2(C3CC3)CC2)ccc1Cl. The fourth-order valence-electron chi connectivity index (χ4n) is 2.69. The molecule has 1 N–H and O–H groups in total. The quantitative estimate of drug-likeness (QED) is 0.843. The predicted octanol–water partition coefficient (Wildman–Crippen LogP) is 3.76. The lowest BCUT2D eigenvalue weighted by molar-refractivity contribution is 0.403. The first-order valence-corrected chi connectivity index (χ1v) is 6.72. The van der Waals surface area contributed by atoms with Gasteiger partial charge in [-0.1, -0.05) is 17.7 Å². The Kier molecular flexibility index (Phi) is 2.87. The summed E-state index contributed by atoms with van der Waals surface area (Å²) in [7, 11) is 0. The highest BCUT2D eigenvalue weighted by atomic mass is 35.5. The Morgan fingerprint density at radius 2 is 2.12 bits per heavy atom. The molecule has 1 aromatic rings. The van der Waals surface area contributed by atoms with Gasteiger partial charge in [0.2, 0.25) is 0 Å². The predicted molar refractivity (Wildman–Crippen MR) is 67.5 cm³/mol. The molecule has 2 fully saturated rings. The van der Waals surface area contributed by atoms with E-state index in [4.69, 9.17) is 11.6 Å². The minimum atomic E-state index is -0.325. The van der Waals surface area contributed by atoms with Crippen molar-refractivity contribution in [2.75, 3.05) is 6.54 Å². The van der Waals surface area contributed by atoms with Crippen molar-refractivity contribution in [1.29, 1.82) is 0 Å². The largest absolute Gasteiger partial charge is 0.312 e. The highest BCUT2D eigenvalue weighted by Gasteiger charge is 2.53. The molecule has 0 radical (unpaired) electrons. The number of halogens is 2. The summed E-state index contributed by atoms with van der Waals surface area (Å²) in [5, 5.41) is 3.66. The van der Waals surface area contributed by atoms with E-state index >= 15 is 0 Å². The molecule has 0 spiro atoms. The van der Waals surface area contributed by atoms with Gasteiger partial charge >= 0.3 is 0 Å².